The first-order valence-electron chi connectivity index (χ1n) is 8.74. The minimum atomic E-state index is -0.0687. The molecule has 2 aromatic carbocycles. The van der Waals surface area contributed by atoms with Crippen molar-refractivity contribution in [1.82, 2.24) is 5.32 Å². The van der Waals surface area contributed by atoms with E-state index in [9.17, 15) is 9.59 Å². The fraction of sp³-hybridized carbons (Fsp3) is 0.333. The van der Waals surface area contributed by atoms with E-state index in [1.165, 1.54) is 5.56 Å². The van der Waals surface area contributed by atoms with Crippen LogP contribution in [0.25, 0.3) is 0 Å². The molecule has 0 atom stereocenters. The number of hydrogen-bond donors (Lipinski definition) is 1. The van der Waals surface area contributed by atoms with E-state index in [0.29, 0.717) is 12.1 Å². The number of anilines is 1. The standard InChI is InChI=1S/C21H24N2O2/c1-14(2)21(25)23-10-9-17-12-16(7-8-19(17)23)13-22-20(24)18-6-4-5-15(3)11-18/h4-8,11-12,14H,9-10,13H2,1-3H3,(H,22,24). The second kappa shape index (κ2) is 7.09. The van der Waals surface area contributed by atoms with Gasteiger partial charge in [0.25, 0.3) is 5.91 Å². The molecule has 0 unspecified atom stereocenters. The minimum absolute atomic E-state index is 0.000700. The van der Waals surface area contributed by atoms with Gasteiger partial charge in [-0.15, -0.1) is 0 Å². The van der Waals surface area contributed by atoms with Crippen LogP contribution < -0.4 is 10.2 Å². The van der Waals surface area contributed by atoms with Gasteiger partial charge in [0.05, 0.1) is 0 Å². The smallest absolute Gasteiger partial charge is 0.251 e. The fourth-order valence-electron chi connectivity index (χ4n) is 3.18. The first kappa shape index (κ1) is 17.2. The average Bonchev–Trinajstić information content (AvgIpc) is 3.02. The number of carbonyl (C=O) groups excluding carboxylic acids is 2. The average molecular weight is 336 g/mol. The molecule has 0 radical (unpaired) electrons. The molecule has 130 valence electrons. The Balaban J connectivity index is 1.67. The Morgan fingerprint density at radius 2 is 1.96 bits per heavy atom. The van der Waals surface area contributed by atoms with Crippen LogP contribution in [0.3, 0.4) is 0 Å². The zero-order valence-corrected chi connectivity index (χ0v) is 15.0. The van der Waals surface area contributed by atoms with Crippen LogP contribution in [0.15, 0.2) is 42.5 Å². The van der Waals surface area contributed by atoms with Crippen LogP contribution in [0.1, 0.15) is 40.9 Å². The summed E-state index contributed by atoms with van der Waals surface area (Å²) in [4.78, 5) is 26.4. The van der Waals surface area contributed by atoms with Crippen molar-refractivity contribution in [2.75, 3.05) is 11.4 Å². The van der Waals surface area contributed by atoms with Crippen LogP contribution in [-0.4, -0.2) is 18.4 Å². The Kier molecular flexibility index (Phi) is 4.88. The largest absolute Gasteiger partial charge is 0.348 e. The van der Waals surface area contributed by atoms with Crippen LogP contribution in [-0.2, 0) is 17.8 Å². The summed E-state index contributed by atoms with van der Waals surface area (Å²) in [7, 11) is 0. The maximum absolute atomic E-state index is 12.3. The predicted molar refractivity (Wildman–Crippen MR) is 99.7 cm³/mol. The molecule has 1 N–H and O–H groups in total. The lowest BCUT2D eigenvalue weighted by molar-refractivity contribution is -0.121. The molecule has 2 aromatic rings. The number of fused-ring (bicyclic) bond motifs is 1. The fourth-order valence-corrected chi connectivity index (χ4v) is 3.18. The van der Waals surface area contributed by atoms with Gasteiger partial charge < -0.3 is 10.2 Å². The van der Waals surface area contributed by atoms with E-state index >= 15 is 0 Å². The molecule has 0 saturated heterocycles. The SMILES string of the molecule is Cc1cccc(C(=O)NCc2ccc3c(c2)CCN3C(=O)C(C)C)c1. The molecule has 25 heavy (non-hydrogen) atoms. The van der Waals surface area contributed by atoms with Crippen molar-refractivity contribution in [3.63, 3.8) is 0 Å². The molecule has 4 nitrogen and oxygen atoms in total. The molecule has 0 aromatic heterocycles. The van der Waals surface area contributed by atoms with Crippen LogP contribution in [0.4, 0.5) is 5.69 Å². The van der Waals surface area contributed by atoms with E-state index in [-0.39, 0.29) is 17.7 Å². The molecule has 2 amide bonds. The number of rotatable bonds is 4. The summed E-state index contributed by atoms with van der Waals surface area (Å²) >= 11 is 0. The summed E-state index contributed by atoms with van der Waals surface area (Å²) in [6.07, 6.45) is 0.869. The van der Waals surface area contributed by atoms with Gasteiger partial charge in [-0.2, -0.15) is 0 Å². The number of nitrogens with one attached hydrogen (secondary N) is 1. The number of amides is 2. The molecule has 1 heterocycles. The lowest BCUT2D eigenvalue weighted by atomic mass is 10.1. The molecule has 0 fully saturated rings. The maximum atomic E-state index is 12.3. The topological polar surface area (TPSA) is 49.4 Å². The number of nitrogens with zero attached hydrogens (tertiary/aromatic N) is 1. The van der Waals surface area contributed by atoms with E-state index in [0.717, 1.165) is 29.8 Å². The van der Waals surface area contributed by atoms with Gasteiger partial charge in [0, 0.05) is 30.3 Å². The van der Waals surface area contributed by atoms with Crippen LogP contribution >= 0.6 is 0 Å². The maximum Gasteiger partial charge on any atom is 0.251 e. The lowest BCUT2D eigenvalue weighted by Crippen LogP contribution is -2.32. The van der Waals surface area contributed by atoms with Crippen LogP contribution in [0.5, 0.6) is 0 Å². The third-order valence-electron chi connectivity index (χ3n) is 4.53. The van der Waals surface area contributed by atoms with E-state index < -0.39 is 0 Å². The molecular formula is C21H24N2O2. The van der Waals surface area contributed by atoms with E-state index in [1.54, 1.807) is 0 Å². The van der Waals surface area contributed by atoms with Crippen molar-refractivity contribution < 1.29 is 9.59 Å². The summed E-state index contributed by atoms with van der Waals surface area (Å²) in [6.45, 7) is 7.05. The van der Waals surface area contributed by atoms with E-state index in [2.05, 4.69) is 11.4 Å². The quantitative estimate of drug-likeness (QED) is 0.929. The summed E-state index contributed by atoms with van der Waals surface area (Å²) in [5.74, 6) is 0.0966. The highest BCUT2D eigenvalue weighted by Crippen LogP contribution is 2.30. The van der Waals surface area contributed by atoms with Crippen molar-refractivity contribution in [3.05, 3.63) is 64.7 Å². The molecule has 0 saturated carbocycles. The second-order valence-electron chi connectivity index (χ2n) is 6.91. The molecule has 3 rings (SSSR count). The molecule has 1 aliphatic rings. The van der Waals surface area contributed by atoms with Crippen LogP contribution in [0, 0.1) is 12.8 Å². The Hall–Kier alpha value is -2.62. The number of carbonyl (C=O) groups is 2. The summed E-state index contributed by atoms with van der Waals surface area (Å²) in [5.41, 5.74) is 4.98. The van der Waals surface area contributed by atoms with Crippen molar-refractivity contribution in [3.8, 4) is 0 Å². The highest BCUT2D eigenvalue weighted by Gasteiger charge is 2.26. The molecule has 0 bridgehead atoms. The van der Waals surface area contributed by atoms with Gasteiger partial charge in [0.1, 0.15) is 0 Å². The number of aryl methyl sites for hydroxylation is 1. The van der Waals surface area contributed by atoms with Gasteiger partial charge in [-0.1, -0.05) is 43.7 Å². The van der Waals surface area contributed by atoms with Gasteiger partial charge in [-0.05, 0) is 42.7 Å². The van der Waals surface area contributed by atoms with E-state index in [4.69, 9.17) is 0 Å². The Morgan fingerprint density at radius 1 is 1.16 bits per heavy atom. The third-order valence-corrected chi connectivity index (χ3v) is 4.53. The Bertz CT molecular complexity index is 811. The minimum Gasteiger partial charge on any atom is -0.348 e. The van der Waals surface area contributed by atoms with Crippen molar-refractivity contribution >= 4 is 17.5 Å². The van der Waals surface area contributed by atoms with Crippen molar-refractivity contribution in [2.45, 2.75) is 33.7 Å². The first-order chi connectivity index (χ1) is 12.0. The molecule has 1 aliphatic heterocycles. The highest BCUT2D eigenvalue weighted by molar-refractivity contribution is 5.96. The lowest BCUT2D eigenvalue weighted by Gasteiger charge is -2.19. The highest BCUT2D eigenvalue weighted by atomic mass is 16.2. The van der Waals surface area contributed by atoms with Gasteiger partial charge >= 0.3 is 0 Å². The Morgan fingerprint density at radius 3 is 2.68 bits per heavy atom. The normalized spacial score (nSPS) is 13.0. The van der Waals surface area contributed by atoms with Crippen LogP contribution in [0.2, 0.25) is 0 Å². The monoisotopic (exact) mass is 336 g/mol. The van der Waals surface area contributed by atoms with E-state index in [1.807, 2.05) is 62.1 Å². The third kappa shape index (κ3) is 3.73. The summed E-state index contributed by atoms with van der Waals surface area (Å²) in [5, 5.41) is 2.97. The second-order valence-corrected chi connectivity index (χ2v) is 6.91. The Labute approximate surface area is 148 Å². The number of benzene rings is 2. The number of hydrogen-bond acceptors (Lipinski definition) is 2. The molecule has 4 heteroatoms. The summed E-state index contributed by atoms with van der Waals surface area (Å²) < 4.78 is 0. The van der Waals surface area contributed by atoms with Gasteiger partial charge in [-0.25, -0.2) is 0 Å². The molecular weight excluding hydrogens is 312 g/mol. The van der Waals surface area contributed by atoms with Gasteiger partial charge in [0.15, 0.2) is 0 Å². The predicted octanol–water partition coefficient (Wildman–Crippen LogP) is 3.47. The van der Waals surface area contributed by atoms with Gasteiger partial charge in [0.2, 0.25) is 5.91 Å². The molecule has 0 aliphatic carbocycles. The summed E-state index contributed by atoms with van der Waals surface area (Å²) in [6, 6.07) is 13.6. The van der Waals surface area contributed by atoms with Crippen molar-refractivity contribution in [2.24, 2.45) is 5.92 Å². The first-order valence-corrected chi connectivity index (χ1v) is 8.74. The van der Waals surface area contributed by atoms with Gasteiger partial charge in [-0.3, -0.25) is 9.59 Å². The zero-order valence-electron chi connectivity index (χ0n) is 15.0. The van der Waals surface area contributed by atoms with Crippen molar-refractivity contribution in [1.29, 1.82) is 0 Å². The molecule has 0 spiro atoms. The zero-order chi connectivity index (χ0) is 18.0.